The van der Waals surface area contributed by atoms with Gasteiger partial charge in [0.1, 0.15) is 0 Å². The van der Waals surface area contributed by atoms with E-state index in [0.29, 0.717) is 0 Å². The van der Waals surface area contributed by atoms with Gasteiger partial charge in [-0.05, 0) is 31.1 Å². The van der Waals surface area contributed by atoms with E-state index in [-0.39, 0.29) is 0 Å². The van der Waals surface area contributed by atoms with E-state index in [2.05, 4.69) is 30.5 Å². The molecule has 0 aromatic carbocycles. The second-order valence-electron chi connectivity index (χ2n) is 8.97. The minimum Gasteiger partial charge on any atom is -0.257 e. The van der Waals surface area contributed by atoms with Gasteiger partial charge in [0.15, 0.2) is 0 Å². The fourth-order valence-corrected chi connectivity index (χ4v) is 4.13. The maximum Gasteiger partial charge on any atom is 0.0626 e. The highest BCUT2D eigenvalue weighted by molar-refractivity contribution is 5.28. The first-order valence-electron chi connectivity index (χ1n) is 13.2. The number of unbranched alkanes of at least 4 members (excludes halogenated alkanes) is 20. The molecule has 0 spiro atoms. The lowest BCUT2D eigenvalue weighted by Gasteiger charge is -2.04. The monoisotopic (exact) mass is 400 g/mol. The van der Waals surface area contributed by atoms with E-state index in [1.54, 1.807) is 0 Å². The first-order valence-corrected chi connectivity index (χ1v) is 13.2. The van der Waals surface area contributed by atoms with Crippen molar-refractivity contribution >= 4 is 0 Å². The van der Waals surface area contributed by atoms with Gasteiger partial charge in [0.25, 0.3) is 0 Å². The summed E-state index contributed by atoms with van der Waals surface area (Å²) < 4.78 is 0. The van der Waals surface area contributed by atoms with Crippen molar-refractivity contribution < 1.29 is 0 Å². The van der Waals surface area contributed by atoms with Crippen molar-refractivity contribution in [3.63, 3.8) is 0 Å². The molecule has 0 unspecified atom stereocenters. The van der Waals surface area contributed by atoms with Gasteiger partial charge >= 0.3 is 0 Å². The molecule has 0 aliphatic carbocycles. The van der Waals surface area contributed by atoms with Crippen LogP contribution in [0, 0.1) is 0 Å². The molecule has 0 aromatic rings. The molecule has 0 amide bonds. The molecule has 1 radical (unpaired) electrons. The number of hydrogen-bond donors (Lipinski definition) is 0. The standard InChI is InChI=1S/C28H50N/c1-2-3-4-5-6-7-8-9-10-11-12-13-14-15-16-17-18-19-20-21-22-23-25-28-26-24-27-29-28/h23-27H,2-22H2,1H3/b25-23+. The lowest BCUT2D eigenvalue weighted by molar-refractivity contribution is 0.522. The van der Waals surface area contributed by atoms with E-state index in [0.717, 1.165) is 5.70 Å². The van der Waals surface area contributed by atoms with Gasteiger partial charge in [-0.2, -0.15) is 0 Å². The fraction of sp³-hybridized carbons (Fsp3) is 0.786. The van der Waals surface area contributed by atoms with Gasteiger partial charge in [-0.3, -0.25) is 5.32 Å². The van der Waals surface area contributed by atoms with Gasteiger partial charge < -0.3 is 0 Å². The van der Waals surface area contributed by atoms with E-state index in [1.165, 1.54) is 135 Å². The lowest BCUT2D eigenvalue weighted by atomic mass is 10.0. The van der Waals surface area contributed by atoms with E-state index in [1.807, 2.05) is 12.3 Å². The maximum absolute atomic E-state index is 4.25. The van der Waals surface area contributed by atoms with Crippen molar-refractivity contribution in [3.05, 3.63) is 36.2 Å². The molecule has 0 N–H and O–H groups in total. The molecule has 0 aromatic heterocycles. The lowest BCUT2D eigenvalue weighted by Crippen LogP contribution is -1.86. The average Bonchev–Trinajstić information content (AvgIpc) is 3.25. The van der Waals surface area contributed by atoms with Crippen LogP contribution in [0.3, 0.4) is 0 Å². The largest absolute Gasteiger partial charge is 0.257 e. The van der Waals surface area contributed by atoms with Crippen molar-refractivity contribution in [2.75, 3.05) is 0 Å². The van der Waals surface area contributed by atoms with Gasteiger partial charge in [-0.1, -0.05) is 135 Å². The first kappa shape index (κ1) is 26.1. The quantitative estimate of drug-likeness (QED) is 0.160. The van der Waals surface area contributed by atoms with Crippen LogP contribution >= 0.6 is 0 Å². The molecule has 1 aliphatic heterocycles. The predicted molar refractivity (Wildman–Crippen MR) is 131 cm³/mol. The molecule has 1 heteroatoms. The summed E-state index contributed by atoms with van der Waals surface area (Å²) in [6.45, 7) is 2.30. The van der Waals surface area contributed by atoms with Crippen LogP contribution in [-0.4, -0.2) is 0 Å². The van der Waals surface area contributed by atoms with Crippen LogP contribution in [-0.2, 0) is 0 Å². The Morgan fingerprint density at radius 3 is 1.38 bits per heavy atom. The summed E-state index contributed by atoms with van der Waals surface area (Å²) in [4.78, 5) is 0. The van der Waals surface area contributed by atoms with Crippen molar-refractivity contribution in [3.8, 4) is 0 Å². The molecular formula is C28H50N. The summed E-state index contributed by atoms with van der Waals surface area (Å²) in [6, 6.07) is 0. The third-order valence-electron chi connectivity index (χ3n) is 6.09. The Balaban J connectivity index is 1.65. The smallest absolute Gasteiger partial charge is 0.0626 e. The van der Waals surface area contributed by atoms with E-state index >= 15 is 0 Å². The van der Waals surface area contributed by atoms with Gasteiger partial charge in [0.05, 0.1) is 5.70 Å². The molecule has 1 aliphatic rings. The molecule has 0 saturated heterocycles. The summed E-state index contributed by atoms with van der Waals surface area (Å²) in [5, 5.41) is 4.25. The third kappa shape index (κ3) is 18.8. The van der Waals surface area contributed by atoms with Crippen molar-refractivity contribution in [1.29, 1.82) is 0 Å². The summed E-state index contributed by atoms with van der Waals surface area (Å²) in [5.41, 5.74) is 1.10. The van der Waals surface area contributed by atoms with Crippen molar-refractivity contribution in [2.45, 2.75) is 142 Å². The summed E-state index contributed by atoms with van der Waals surface area (Å²) >= 11 is 0. The Morgan fingerprint density at radius 1 is 0.586 bits per heavy atom. The van der Waals surface area contributed by atoms with Crippen LogP contribution in [0.5, 0.6) is 0 Å². The van der Waals surface area contributed by atoms with E-state index < -0.39 is 0 Å². The number of allylic oxidation sites excluding steroid dienone is 4. The molecule has 1 rings (SSSR count). The minimum atomic E-state index is 1.10. The number of rotatable bonds is 22. The van der Waals surface area contributed by atoms with Crippen molar-refractivity contribution in [2.24, 2.45) is 0 Å². The minimum absolute atomic E-state index is 1.10. The zero-order valence-electron chi connectivity index (χ0n) is 19.7. The molecular weight excluding hydrogens is 350 g/mol. The summed E-state index contributed by atoms with van der Waals surface area (Å²) in [5.74, 6) is 0. The Bertz CT molecular complexity index is 418. The SMILES string of the molecule is CCCCCCCCCCCCCCCCCCCCCC/C=C/C1=CC=C[N]1. The molecule has 1 nitrogen and oxygen atoms in total. The van der Waals surface area contributed by atoms with Crippen LogP contribution in [0.15, 0.2) is 36.2 Å². The number of nitrogens with zero attached hydrogens (tertiary/aromatic N) is 1. The Kier molecular flexibility index (Phi) is 19.5. The Labute approximate surface area is 183 Å². The summed E-state index contributed by atoms with van der Waals surface area (Å²) in [6.07, 6.45) is 40.5. The molecule has 0 atom stereocenters. The molecule has 1 heterocycles. The molecule has 0 fully saturated rings. The van der Waals surface area contributed by atoms with Crippen LogP contribution in [0.1, 0.15) is 142 Å². The number of hydrogen-bond acceptors (Lipinski definition) is 0. The predicted octanol–water partition coefficient (Wildman–Crippen LogP) is 9.77. The van der Waals surface area contributed by atoms with Crippen LogP contribution in [0.25, 0.3) is 0 Å². The van der Waals surface area contributed by atoms with E-state index in [4.69, 9.17) is 0 Å². The normalized spacial score (nSPS) is 13.3. The molecule has 0 bridgehead atoms. The van der Waals surface area contributed by atoms with E-state index in [9.17, 15) is 0 Å². The molecule has 29 heavy (non-hydrogen) atoms. The highest BCUT2D eigenvalue weighted by Crippen LogP contribution is 2.15. The van der Waals surface area contributed by atoms with Gasteiger partial charge in [0, 0.05) is 6.20 Å². The second-order valence-corrected chi connectivity index (χ2v) is 8.97. The van der Waals surface area contributed by atoms with Crippen molar-refractivity contribution in [1.82, 2.24) is 5.32 Å². The van der Waals surface area contributed by atoms with Gasteiger partial charge in [0.2, 0.25) is 0 Å². The zero-order chi connectivity index (χ0) is 20.7. The first-order chi connectivity index (χ1) is 14.4. The molecule has 0 saturated carbocycles. The van der Waals surface area contributed by atoms with Crippen LogP contribution in [0.4, 0.5) is 0 Å². The summed E-state index contributed by atoms with van der Waals surface area (Å²) in [7, 11) is 0. The molecule has 167 valence electrons. The van der Waals surface area contributed by atoms with Crippen LogP contribution < -0.4 is 5.32 Å². The highest BCUT2D eigenvalue weighted by Gasteiger charge is 1.96. The maximum atomic E-state index is 4.25. The second kappa shape index (κ2) is 21.7. The third-order valence-corrected chi connectivity index (χ3v) is 6.09. The Hall–Kier alpha value is -0.980. The average molecular weight is 401 g/mol. The fourth-order valence-electron chi connectivity index (χ4n) is 4.13. The Morgan fingerprint density at radius 2 is 1.00 bits per heavy atom. The van der Waals surface area contributed by atoms with Gasteiger partial charge in [-0.25, -0.2) is 0 Å². The highest BCUT2D eigenvalue weighted by atomic mass is 14.9. The topological polar surface area (TPSA) is 14.1 Å². The van der Waals surface area contributed by atoms with Crippen LogP contribution in [0.2, 0.25) is 0 Å². The van der Waals surface area contributed by atoms with Gasteiger partial charge in [-0.15, -0.1) is 0 Å². The zero-order valence-corrected chi connectivity index (χ0v) is 19.7.